The summed E-state index contributed by atoms with van der Waals surface area (Å²) in [5.41, 5.74) is 1.08. The number of hydrogen-bond acceptors (Lipinski definition) is 3. The van der Waals surface area contributed by atoms with Crippen LogP contribution in [0.2, 0.25) is 0 Å². The Morgan fingerprint density at radius 3 is 3.00 bits per heavy atom. The summed E-state index contributed by atoms with van der Waals surface area (Å²) in [6.07, 6.45) is 1.85. The summed E-state index contributed by atoms with van der Waals surface area (Å²) in [4.78, 5) is 12.2. The first-order chi connectivity index (χ1) is 8.58. The van der Waals surface area contributed by atoms with Crippen molar-refractivity contribution < 1.29 is 0 Å². The van der Waals surface area contributed by atoms with Crippen molar-refractivity contribution in [3.05, 3.63) is 46.2 Å². The molecule has 0 saturated heterocycles. The van der Waals surface area contributed by atoms with E-state index in [1.54, 1.807) is 15.9 Å². The largest absolute Gasteiger partial charge is 0.311 e. The maximum atomic E-state index is 12.2. The molecule has 0 saturated carbocycles. The average molecular weight is 262 g/mol. The summed E-state index contributed by atoms with van der Waals surface area (Å²) in [5, 5.41) is 6.05. The molecule has 2 aromatic rings. The van der Waals surface area contributed by atoms with Crippen molar-refractivity contribution in [3.8, 4) is 0 Å². The highest BCUT2D eigenvalue weighted by Gasteiger charge is 2.05. The van der Waals surface area contributed by atoms with Crippen molar-refractivity contribution in [2.24, 2.45) is 0 Å². The number of rotatable bonds is 5. The molecule has 2 rings (SSSR count). The van der Waals surface area contributed by atoms with Gasteiger partial charge < -0.3 is 9.88 Å². The van der Waals surface area contributed by atoms with Gasteiger partial charge in [-0.25, -0.2) is 0 Å². The van der Waals surface area contributed by atoms with Crippen LogP contribution < -0.4 is 10.9 Å². The Hall–Kier alpha value is -1.39. The van der Waals surface area contributed by atoms with Gasteiger partial charge >= 0.3 is 0 Å². The third-order valence-electron chi connectivity index (χ3n) is 2.75. The predicted molar refractivity (Wildman–Crippen MR) is 78.4 cm³/mol. The molecule has 96 valence electrons. The Kier molecular flexibility index (Phi) is 3.99. The molecule has 4 heteroatoms. The molecular weight excluding hydrogens is 244 g/mol. The highest BCUT2D eigenvalue weighted by molar-refractivity contribution is 7.17. The van der Waals surface area contributed by atoms with Gasteiger partial charge in [-0.2, -0.15) is 0 Å². The smallest absolute Gasteiger partial charge is 0.259 e. The molecular formula is C14H18N2OS. The molecule has 0 aliphatic carbocycles. The maximum absolute atomic E-state index is 12.2. The average Bonchev–Trinajstić information content (AvgIpc) is 2.79. The number of fused-ring (bicyclic) bond motifs is 1. The van der Waals surface area contributed by atoms with Crippen LogP contribution >= 0.6 is 11.3 Å². The third kappa shape index (κ3) is 2.89. The molecule has 2 aromatic heterocycles. The lowest BCUT2D eigenvalue weighted by Crippen LogP contribution is -2.28. The van der Waals surface area contributed by atoms with Crippen LogP contribution in [0, 0.1) is 0 Å². The van der Waals surface area contributed by atoms with Gasteiger partial charge in [0.2, 0.25) is 0 Å². The molecule has 0 aliphatic heterocycles. The molecule has 0 spiro atoms. The molecule has 0 atom stereocenters. The number of hydrogen-bond donors (Lipinski definition) is 1. The zero-order chi connectivity index (χ0) is 13.1. The van der Waals surface area contributed by atoms with E-state index in [1.807, 2.05) is 23.7 Å². The lowest BCUT2D eigenvalue weighted by atomic mass is 10.2. The van der Waals surface area contributed by atoms with E-state index >= 15 is 0 Å². The van der Waals surface area contributed by atoms with Crippen LogP contribution in [-0.4, -0.2) is 17.2 Å². The number of nitrogens with one attached hydrogen (secondary N) is 1. The fraction of sp³-hybridized carbons (Fsp3) is 0.357. The van der Waals surface area contributed by atoms with Gasteiger partial charge in [0.25, 0.3) is 5.56 Å². The Balaban J connectivity index is 2.14. The van der Waals surface area contributed by atoms with Gasteiger partial charge in [-0.05, 0) is 23.1 Å². The number of thiophene rings is 1. The third-order valence-corrected chi connectivity index (χ3v) is 3.63. The fourth-order valence-electron chi connectivity index (χ4n) is 1.78. The topological polar surface area (TPSA) is 34.0 Å². The summed E-state index contributed by atoms with van der Waals surface area (Å²) in [6, 6.07) is 4.30. The summed E-state index contributed by atoms with van der Waals surface area (Å²) >= 11 is 1.60. The van der Waals surface area contributed by atoms with E-state index < -0.39 is 0 Å². The van der Waals surface area contributed by atoms with E-state index in [9.17, 15) is 4.79 Å². The van der Waals surface area contributed by atoms with E-state index in [1.165, 1.54) is 0 Å². The Morgan fingerprint density at radius 1 is 1.50 bits per heavy atom. The van der Waals surface area contributed by atoms with E-state index in [2.05, 4.69) is 25.7 Å². The second-order valence-electron chi connectivity index (χ2n) is 4.73. The summed E-state index contributed by atoms with van der Waals surface area (Å²) < 4.78 is 2.77. The molecule has 0 aromatic carbocycles. The Labute approximate surface area is 111 Å². The molecule has 18 heavy (non-hydrogen) atoms. The monoisotopic (exact) mass is 262 g/mol. The van der Waals surface area contributed by atoms with Crippen LogP contribution in [0.1, 0.15) is 13.8 Å². The molecule has 0 aliphatic rings. The first-order valence-electron chi connectivity index (χ1n) is 6.04. The van der Waals surface area contributed by atoms with Gasteiger partial charge in [0.15, 0.2) is 0 Å². The first-order valence-corrected chi connectivity index (χ1v) is 6.92. The molecule has 3 nitrogen and oxygen atoms in total. The van der Waals surface area contributed by atoms with Crippen molar-refractivity contribution in [2.75, 3.05) is 6.54 Å². The van der Waals surface area contributed by atoms with Gasteiger partial charge in [0.1, 0.15) is 0 Å². The molecule has 0 unspecified atom stereocenters. The SMILES string of the molecule is C=C(CNC(C)C)Cn1ccc2sccc2c1=O. The molecule has 2 heterocycles. The molecule has 1 N–H and O–H groups in total. The van der Waals surface area contributed by atoms with Crippen LogP contribution in [0.5, 0.6) is 0 Å². The van der Waals surface area contributed by atoms with Gasteiger partial charge in [-0.3, -0.25) is 4.79 Å². The van der Waals surface area contributed by atoms with Crippen molar-refractivity contribution in [2.45, 2.75) is 26.4 Å². The molecule has 0 radical (unpaired) electrons. The quantitative estimate of drug-likeness (QED) is 0.840. The zero-order valence-corrected chi connectivity index (χ0v) is 11.6. The van der Waals surface area contributed by atoms with E-state index in [0.29, 0.717) is 12.6 Å². The minimum Gasteiger partial charge on any atom is -0.311 e. The lowest BCUT2D eigenvalue weighted by molar-refractivity contribution is 0.601. The minimum absolute atomic E-state index is 0.0689. The number of nitrogens with zero attached hydrogens (tertiary/aromatic N) is 1. The van der Waals surface area contributed by atoms with Crippen LogP contribution in [0.25, 0.3) is 10.1 Å². The van der Waals surface area contributed by atoms with Crippen molar-refractivity contribution in [1.82, 2.24) is 9.88 Å². The van der Waals surface area contributed by atoms with Crippen LogP contribution in [0.15, 0.2) is 40.7 Å². The van der Waals surface area contributed by atoms with Gasteiger partial charge in [-0.1, -0.05) is 20.4 Å². The second kappa shape index (κ2) is 5.50. The number of aromatic nitrogens is 1. The van der Waals surface area contributed by atoms with Crippen LogP contribution in [0.3, 0.4) is 0 Å². The van der Waals surface area contributed by atoms with Gasteiger partial charge in [0.05, 0.1) is 5.39 Å². The summed E-state index contributed by atoms with van der Waals surface area (Å²) in [6.45, 7) is 9.51. The van der Waals surface area contributed by atoms with E-state index in [4.69, 9.17) is 0 Å². The standard InChI is InChI=1S/C14H18N2OS/c1-10(2)15-8-11(3)9-16-6-4-13-12(14(16)17)5-7-18-13/h4-7,10,15H,3,8-9H2,1-2H3. The molecule has 0 fully saturated rings. The summed E-state index contributed by atoms with van der Waals surface area (Å²) in [7, 11) is 0. The van der Waals surface area contributed by atoms with Crippen LogP contribution in [-0.2, 0) is 6.54 Å². The van der Waals surface area contributed by atoms with Crippen molar-refractivity contribution in [3.63, 3.8) is 0 Å². The first kappa shape index (κ1) is 13.1. The van der Waals surface area contributed by atoms with Crippen molar-refractivity contribution >= 4 is 21.4 Å². The normalized spacial score (nSPS) is 11.3. The Bertz CT molecular complexity index is 610. The zero-order valence-electron chi connectivity index (χ0n) is 10.8. The Morgan fingerprint density at radius 2 is 2.28 bits per heavy atom. The second-order valence-corrected chi connectivity index (χ2v) is 5.68. The van der Waals surface area contributed by atoms with E-state index in [-0.39, 0.29) is 5.56 Å². The highest BCUT2D eigenvalue weighted by atomic mass is 32.1. The maximum Gasteiger partial charge on any atom is 0.259 e. The number of pyridine rings is 1. The summed E-state index contributed by atoms with van der Waals surface area (Å²) in [5.74, 6) is 0. The predicted octanol–water partition coefficient (Wildman–Crippen LogP) is 2.62. The highest BCUT2D eigenvalue weighted by Crippen LogP contribution is 2.16. The van der Waals surface area contributed by atoms with Crippen molar-refractivity contribution in [1.29, 1.82) is 0 Å². The lowest BCUT2D eigenvalue weighted by Gasteiger charge is -2.12. The van der Waals surface area contributed by atoms with Gasteiger partial charge in [0, 0.05) is 30.0 Å². The molecule has 0 bridgehead atoms. The van der Waals surface area contributed by atoms with E-state index in [0.717, 1.165) is 22.2 Å². The molecule has 0 amide bonds. The van der Waals surface area contributed by atoms with Crippen LogP contribution in [0.4, 0.5) is 0 Å². The van der Waals surface area contributed by atoms with Gasteiger partial charge in [-0.15, -0.1) is 11.3 Å². The minimum atomic E-state index is 0.0689. The fourth-order valence-corrected chi connectivity index (χ4v) is 2.55.